The van der Waals surface area contributed by atoms with Crippen LogP contribution >= 0.6 is 46.3 Å². The molecule has 1 atom stereocenters. The first-order chi connectivity index (χ1) is 19.5. The van der Waals surface area contributed by atoms with Crippen LogP contribution in [0.5, 0.6) is 0 Å². The second kappa shape index (κ2) is 11.4. The van der Waals surface area contributed by atoms with Gasteiger partial charge in [0.05, 0.1) is 23.3 Å². The Morgan fingerprint density at radius 3 is 2.66 bits per heavy atom. The zero-order chi connectivity index (χ0) is 29.5. The minimum absolute atomic E-state index is 0.0391. The first kappa shape index (κ1) is 29.1. The van der Waals surface area contributed by atoms with Gasteiger partial charge >= 0.3 is 0 Å². The molecule has 0 saturated carbocycles. The first-order valence-corrected chi connectivity index (χ1v) is 15.0. The molecule has 2 aromatic carbocycles. The maximum absolute atomic E-state index is 13.7. The number of ketones is 1. The molecular formula is C28H23Cl2FN6O2S2. The molecule has 1 aliphatic carbocycles. The van der Waals surface area contributed by atoms with Gasteiger partial charge in [-0.15, -0.1) is 10.2 Å². The summed E-state index contributed by atoms with van der Waals surface area (Å²) in [7, 11) is 0. The molecule has 0 spiro atoms. The largest absolute Gasteiger partial charge is 0.384 e. The molecule has 0 radical (unpaired) electrons. The topological polar surface area (TPSA) is 125 Å². The number of nitriles is 1. The zero-order valence-corrected chi connectivity index (χ0v) is 25.0. The Morgan fingerprint density at radius 2 is 1.98 bits per heavy atom. The lowest BCUT2D eigenvalue weighted by Crippen LogP contribution is -2.42. The standard InChI is InChI=1S/C28H23Cl2FN6O2S2/c1-28(2)10-20-24(21(38)11-28)23(17-8-3-14(29)9-19(17)30)18(12-32)25(33)37(20)26-35-36-27(41-26)40-13-22(39)34-16-6-4-15(31)5-7-16/h3-9,23H,10-11,13,33H2,1-2H3,(H,34,39). The Hall–Kier alpha value is -3.43. The van der Waals surface area contributed by atoms with Gasteiger partial charge in [0.2, 0.25) is 11.0 Å². The van der Waals surface area contributed by atoms with Crippen LogP contribution in [-0.4, -0.2) is 27.6 Å². The van der Waals surface area contributed by atoms with Crippen molar-refractivity contribution in [1.82, 2.24) is 10.2 Å². The fourth-order valence-electron chi connectivity index (χ4n) is 4.98. The van der Waals surface area contributed by atoms with E-state index in [1.165, 1.54) is 47.4 Å². The van der Waals surface area contributed by atoms with Crippen LogP contribution in [0.25, 0.3) is 0 Å². The molecule has 41 heavy (non-hydrogen) atoms. The van der Waals surface area contributed by atoms with Gasteiger partial charge in [-0.1, -0.05) is 66.2 Å². The van der Waals surface area contributed by atoms with E-state index in [0.29, 0.717) is 54.9 Å². The highest BCUT2D eigenvalue weighted by Gasteiger charge is 2.46. The first-order valence-electron chi connectivity index (χ1n) is 12.4. The van der Waals surface area contributed by atoms with Crippen molar-refractivity contribution in [2.75, 3.05) is 16.0 Å². The average molecular weight is 630 g/mol. The van der Waals surface area contributed by atoms with E-state index in [4.69, 9.17) is 28.9 Å². The number of carbonyl (C=O) groups is 2. The highest BCUT2D eigenvalue weighted by molar-refractivity contribution is 8.01. The molecule has 1 aliphatic heterocycles. The van der Waals surface area contributed by atoms with Gasteiger partial charge in [0.25, 0.3) is 0 Å². The predicted molar refractivity (Wildman–Crippen MR) is 159 cm³/mol. The summed E-state index contributed by atoms with van der Waals surface area (Å²) in [5.74, 6) is -1.37. The molecule has 5 rings (SSSR count). The molecule has 0 bridgehead atoms. The number of nitrogens with zero attached hydrogens (tertiary/aromatic N) is 4. The van der Waals surface area contributed by atoms with Gasteiger partial charge in [-0.05, 0) is 53.8 Å². The highest BCUT2D eigenvalue weighted by Crippen LogP contribution is 2.51. The summed E-state index contributed by atoms with van der Waals surface area (Å²) in [5, 5.41) is 22.6. The lowest BCUT2D eigenvalue weighted by atomic mass is 9.68. The number of halogens is 3. The van der Waals surface area contributed by atoms with Gasteiger partial charge in [0.1, 0.15) is 11.6 Å². The number of nitrogens with one attached hydrogen (secondary N) is 1. The van der Waals surface area contributed by atoms with Crippen LogP contribution in [0.2, 0.25) is 10.0 Å². The van der Waals surface area contributed by atoms with E-state index in [1.807, 2.05) is 13.8 Å². The molecule has 8 nitrogen and oxygen atoms in total. The quantitative estimate of drug-likeness (QED) is 0.290. The Labute approximate surface area is 254 Å². The molecule has 0 saturated heterocycles. The summed E-state index contributed by atoms with van der Waals surface area (Å²) in [6, 6.07) is 12.6. The molecule has 3 aromatic rings. The monoisotopic (exact) mass is 628 g/mol. The van der Waals surface area contributed by atoms with Gasteiger partial charge < -0.3 is 11.1 Å². The van der Waals surface area contributed by atoms with Crippen LogP contribution in [0, 0.1) is 22.6 Å². The summed E-state index contributed by atoms with van der Waals surface area (Å²) in [6.45, 7) is 4.00. The molecule has 2 aliphatic rings. The van der Waals surface area contributed by atoms with Crippen molar-refractivity contribution in [1.29, 1.82) is 5.26 Å². The summed E-state index contributed by atoms with van der Waals surface area (Å²) >= 11 is 15.1. The molecule has 3 N–H and O–H groups in total. The van der Waals surface area contributed by atoms with Crippen molar-refractivity contribution >= 4 is 68.8 Å². The van der Waals surface area contributed by atoms with Gasteiger partial charge in [-0.2, -0.15) is 5.26 Å². The number of anilines is 2. The Kier molecular flexibility index (Phi) is 8.12. The number of aromatic nitrogens is 2. The van der Waals surface area contributed by atoms with Gasteiger partial charge in [0.15, 0.2) is 10.1 Å². The Balaban J connectivity index is 1.48. The van der Waals surface area contributed by atoms with Crippen LogP contribution in [-0.2, 0) is 9.59 Å². The Bertz CT molecular complexity index is 1660. The normalized spacial score (nSPS) is 18.3. The van der Waals surface area contributed by atoms with Crippen LogP contribution in [0.15, 0.2) is 69.5 Å². The van der Waals surface area contributed by atoms with Gasteiger partial charge in [-0.3, -0.25) is 14.5 Å². The van der Waals surface area contributed by atoms with E-state index in [-0.39, 0.29) is 34.3 Å². The van der Waals surface area contributed by atoms with Crippen LogP contribution < -0.4 is 16.0 Å². The smallest absolute Gasteiger partial charge is 0.234 e. The van der Waals surface area contributed by atoms with Crippen molar-refractivity contribution < 1.29 is 14.0 Å². The fraction of sp³-hybridized carbons (Fsp3) is 0.250. The maximum Gasteiger partial charge on any atom is 0.234 e. The fourth-order valence-corrected chi connectivity index (χ4v) is 7.18. The number of thioether (sulfide) groups is 1. The minimum Gasteiger partial charge on any atom is -0.384 e. The number of allylic oxidation sites excluding steroid dienone is 3. The van der Waals surface area contributed by atoms with Crippen LogP contribution in [0.4, 0.5) is 15.2 Å². The molecule has 0 fully saturated rings. The predicted octanol–water partition coefficient (Wildman–Crippen LogP) is 6.66. The molecule has 210 valence electrons. The summed E-state index contributed by atoms with van der Waals surface area (Å²) < 4.78 is 13.6. The summed E-state index contributed by atoms with van der Waals surface area (Å²) in [6.07, 6.45) is 0.789. The lowest BCUT2D eigenvalue weighted by molar-refractivity contribution is -0.118. The molecular weight excluding hydrogens is 606 g/mol. The van der Waals surface area contributed by atoms with E-state index in [9.17, 15) is 19.2 Å². The number of rotatable bonds is 6. The van der Waals surface area contributed by atoms with E-state index >= 15 is 0 Å². The second-order valence-corrected chi connectivity index (χ2v) is 13.4. The lowest BCUT2D eigenvalue weighted by Gasteiger charge is -2.42. The van der Waals surface area contributed by atoms with Gasteiger partial charge in [0, 0.05) is 33.4 Å². The van der Waals surface area contributed by atoms with Crippen molar-refractivity contribution in [2.24, 2.45) is 11.1 Å². The average Bonchev–Trinajstić information content (AvgIpc) is 3.36. The van der Waals surface area contributed by atoms with Gasteiger partial charge in [-0.25, -0.2) is 4.39 Å². The van der Waals surface area contributed by atoms with E-state index in [2.05, 4.69) is 21.6 Å². The number of benzene rings is 2. The highest BCUT2D eigenvalue weighted by atomic mass is 35.5. The minimum atomic E-state index is -0.753. The van der Waals surface area contributed by atoms with Crippen molar-refractivity contribution in [3.05, 3.63) is 86.6 Å². The number of hydrogen-bond acceptors (Lipinski definition) is 9. The van der Waals surface area contributed by atoms with E-state index < -0.39 is 11.7 Å². The van der Waals surface area contributed by atoms with Crippen LogP contribution in [0.3, 0.4) is 0 Å². The molecule has 1 amide bonds. The second-order valence-electron chi connectivity index (χ2n) is 10.3. The zero-order valence-electron chi connectivity index (χ0n) is 21.9. The van der Waals surface area contributed by atoms with Crippen molar-refractivity contribution in [3.8, 4) is 6.07 Å². The number of amides is 1. The third kappa shape index (κ3) is 5.97. The Morgan fingerprint density at radius 1 is 1.24 bits per heavy atom. The van der Waals surface area contributed by atoms with E-state index in [1.54, 1.807) is 23.1 Å². The summed E-state index contributed by atoms with van der Waals surface area (Å²) in [5.41, 5.74) is 8.58. The number of nitrogens with two attached hydrogens (primary N) is 1. The maximum atomic E-state index is 13.7. The number of carbonyl (C=O) groups excluding carboxylic acids is 2. The van der Waals surface area contributed by atoms with Crippen LogP contribution in [0.1, 0.15) is 38.2 Å². The third-order valence-corrected chi connectivity index (χ3v) is 9.30. The molecule has 13 heteroatoms. The number of hydrogen-bond donors (Lipinski definition) is 2. The number of Topliss-reactive ketones (excluding diaryl/α,β-unsaturated/α-hetero) is 1. The molecule has 1 aromatic heterocycles. The SMILES string of the molecule is CC1(C)CC(=O)C2=C(C1)N(c1nnc(SCC(=O)Nc3ccc(F)cc3)s1)C(N)=C(C#N)C2c1ccc(Cl)cc1Cl. The summed E-state index contributed by atoms with van der Waals surface area (Å²) in [4.78, 5) is 27.7. The molecule has 2 heterocycles. The van der Waals surface area contributed by atoms with E-state index in [0.717, 1.165) is 0 Å². The van der Waals surface area contributed by atoms with Crippen molar-refractivity contribution in [2.45, 2.75) is 36.9 Å². The molecule has 1 unspecified atom stereocenters. The van der Waals surface area contributed by atoms with Crippen molar-refractivity contribution in [3.63, 3.8) is 0 Å². The third-order valence-electron chi connectivity index (χ3n) is 6.70.